The van der Waals surface area contributed by atoms with E-state index in [-0.39, 0.29) is 5.97 Å². The molecule has 0 bridgehead atoms. The maximum absolute atomic E-state index is 10.7. The van der Waals surface area contributed by atoms with Gasteiger partial charge in [0.15, 0.2) is 0 Å². The monoisotopic (exact) mass is 268 g/mol. The van der Waals surface area contributed by atoms with E-state index < -0.39 is 0 Å². The molecule has 90 valence electrons. The van der Waals surface area contributed by atoms with E-state index in [1.165, 1.54) is 13.2 Å². The highest BCUT2D eigenvalue weighted by Gasteiger charge is 1.91. The van der Waals surface area contributed by atoms with Crippen molar-refractivity contribution < 1.29 is 9.53 Å². The lowest BCUT2D eigenvalue weighted by atomic mass is 10.4. The molecule has 2 nitrogen and oxygen atoms in total. The minimum atomic E-state index is -0.347. The Kier molecular flexibility index (Phi) is 6.51. The molecule has 0 aliphatic heterocycles. The second kappa shape index (κ2) is 7.98. The zero-order valence-electron chi connectivity index (χ0n) is 9.43. The molecular weight excluding hydrogens is 256 g/mol. The van der Waals surface area contributed by atoms with Crippen LogP contribution >= 0.6 is 23.4 Å². The third-order valence-corrected chi connectivity index (χ3v) is 3.06. The minimum absolute atomic E-state index is 0.347. The van der Waals surface area contributed by atoms with Crippen LogP contribution in [0.5, 0.6) is 0 Å². The summed E-state index contributed by atoms with van der Waals surface area (Å²) in [6.45, 7) is 0. The Hall–Kier alpha value is -1.19. The first-order valence-electron chi connectivity index (χ1n) is 5.02. The molecule has 0 aliphatic carbocycles. The van der Waals surface area contributed by atoms with Gasteiger partial charge >= 0.3 is 5.97 Å². The largest absolute Gasteiger partial charge is 0.466 e. The lowest BCUT2D eigenvalue weighted by molar-refractivity contribution is -0.134. The van der Waals surface area contributed by atoms with E-state index in [4.69, 9.17) is 11.6 Å². The van der Waals surface area contributed by atoms with Gasteiger partial charge in [0.2, 0.25) is 0 Å². The number of carbonyl (C=O) groups excluding carboxylic acids is 1. The molecule has 0 aliphatic rings. The van der Waals surface area contributed by atoms with Crippen molar-refractivity contribution in [2.45, 2.75) is 4.90 Å². The predicted molar refractivity (Wildman–Crippen MR) is 72.5 cm³/mol. The number of ether oxygens (including phenoxy) is 1. The molecule has 1 aromatic carbocycles. The van der Waals surface area contributed by atoms with Crippen molar-refractivity contribution in [1.82, 2.24) is 0 Å². The van der Waals surface area contributed by atoms with Gasteiger partial charge < -0.3 is 4.74 Å². The summed E-state index contributed by atoms with van der Waals surface area (Å²) in [4.78, 5) is 11.9. The normalized spacial score (nSPS) is 11.2. The summed E-state index contributed by atoms with van der Waals surface area (Å²) < 4.78 is 4.46. The van der Waals surface area contributed by atoms with E-state index in [1.54, 1.807) is 17.8 Å². The number of allylic oxidation sites excluding steroid dienone is 2. The average Bonchev–Trinajstić information content (AvgIpc) is 2.35. The van der Waals surface area contributed by atoms with Gasteiger partial charge in [-0.25, -0.2) is 4.79 Å². The highest BCUT2D eigenvalue weighted by Crippen LogP contribution is 2.20. The van der Waals surface area contributed by atoms with Crippen molar-refractivity contribution in [1.29, 1.82) is 0 Å². The molecule has 17 heavy (non-hydrogen) atoms. The first-order valence-corrected chi connectivity index (χ1v) is 6.38. The van der Waals surface area contributed by atoms with Gasteiger partial charge in [-0.05, 0) is 24.3 Å². The molecule has 0 amide bonds. The molecule has 0 fully saturated rings. The van der Waals surface area contributed by atoms with Crippen LogP contribution in [-0.4, -0.2) is 18.8 Å². The zero-order valence-corrected chi connectivity index (χ0v) is 11.0. The fourth-order valence-corrected chi connectivity index (χ4v) is 1.87. The number of benzene rings is 1. The molecule has 0 spiro atoms. The van der Waals surface area contributed by atoms with Crippen LogP contribution in [0.15, 0.2) is 53.5 Å². The molecular formula is C13H13ClO2S. The highest BCUT2D eigenvalue weighted by molar-refractivity contribution is 7.99. The second-order valence-electron chi connectivity index (χ2n) is 3.08. The summed E-state index contributed by atoms with van der Waals surface area (Å²) in [5.74, 6) is 0.493. The van der Waals surface area contributed by atoms with Gasteiger partial charge in [-0.1, -0.05) is 29.8 Å². The number of carbonyl (C=O) groups is 1. The lowest BCUT2D eigenvalue weighted by Gasteiger charge is -1.97. The van der Waals surface area contributed by atoms with Gasteiger partial charge in [0.25, 0.3) is 0 Å². The lowest BCUT2D eigenvalue weighted by Crippen LogP contribution is -1.92. The molecule has 0 radical (unpaired) electrons. The van der Waals surface area contributed by atoms with E-state index in [1.807, 2.05) is 36.4 Å². The number of hydrogen-bond acceptors (Lipinski definition) is 3. The number of hydrogen-bond donors (Lipinski definition) is 0. The summed E-state index contributed by atoms with van der Waals surface area (Å²) in [5, 5.41) is 0.742. The molecule has 0 N–H and O–H groups in total. The van der Waals surface area contributed by atoms with Crippen molar-refractivity contribution in [2.75, 3.05) is 12.9 Å². The second-order valence-corrected chi connectivity index (χ2v) is 4.61. The topological polar surface area (TPSA) is 26.3 Å². The molecule has 1 rings (SSSR count). The van der Waals surface area contributed by atoms with Gasteiger partial charge in [0.1, 0.15) is 0 Å². The number of methoxy groups -OCH3 is 1. The van der Waals surface area contributed by atoms with Gasteiger partial charge in [0, 0.05) is 21.7 Å². The Morgan fingerprint density at radius 3 is 2.71 bits per heavy atom. The average molecular weight is 269 g/mol. The number of halogens is 1. The van der Waals surface area contributed by atoms with Crippen molar-refractivity contribution in [3.8, 4) is 0 Å². The maximum atomic E-state index is 10.7. The summed E-state index contributed by atoms with van der Waals surface area (Å²) >= 11 is 7.48. The van der Waals surface area contributed by atoms with E-state index in [0.717, 1.165) is 15.7 Å². The molecule has 0 saturated carbocycles. The van der Waals surface area contributed by atoms with Crippen LogP contribution in [0, 0.1) is 0 Å². The number of rotatable bonds is 5. The fraction of sp³-hybridized carbons (Fsp3) is 0.154. The Labute approximate surface area is 110 Å². The maximum Gasteiger partial charge on any atom is 0.330 e. The van der Waals surface area contributed by atoms with Crippen molar-refractivity contribution in [2.24, 2.45) is 0 Å². The first kappa shape index (κ1) is 13.9. The van der Waals surface area contributed by atoms with Crippen LogP contribution in [0.25, 0.3) is 0 Å². The van der Waals surface area contributed by atoms with Crippen LogP contribution in [-0.2, 0) is 9.53 Å². The Morgan fingerprint density at radius 2 is 2.06 bits per heavy atom. The number of esters is 1. The third-order valence-electron chi connectivity index (χ3n) is 1.84. The standard InChI is InChI=1S/C13H13ClO2S/c1-16-13(15)5-3-2-4-10-17-12-8-6-11(14)7-9-12/h2-9H,10H2,1H3. The van der Waals surface area contributed by atoms with Crippen molar-refractivity contribution in [3.05, 3.63) is 53.6 Å². The van der Waals surface area contributed by atoms with Crippen LogP contribution in [0.1, 0.15) is 0 Å². The Bertz CT molecular complexity index is 410. The fourth-order valence-electron chi connectivity index (χ4n) is 1.01. The highest BCUT2D eigenvalue weighted by atomic mass is 35.5. The summed E-state index contributed by atoms with van der Waals surface area (Å²) in [6.07, 6.45) is 6.83. The van der Waals surface area contributed by atoms with E-state index in [9.17, 15) is 4.79 Å². The van der Waals surface area contributed by atoms with Crippen molar-refractivity contribution in [3.63, 3.8) is 0 Å². The minimum Gasteiger partial charge on any atom is -0.466 e. The Balaban J connectivity index is 2.28. The van der Waals surface area contributed by atoms with Crippen molar-refractivity contribution >= 4 is 29.3 Å². The van der Waals surface area contributed by atoms with Gasteiger partial charge in [0.05, 0.1) is 7.11 Å². The molecule has 0 aromatic heterocycles. The molecule has 0 heterocycles. The van der Waals surface area contributed by atoms with E-state index in [0.29, 0.717) is 0 Å². The predicted octanol–water partition coefficient (Wildman–Crippen LogP) is 3.72. The summed E-state index contributed by atoms with van der Waals surface area (Å²) in [6, 6.07) is 7.69. The molecule has 4 heteroatoms. The van der Waals surface area contributed by atoms with Gasteiger partial charge in [-0.3, -0.25) is 0 Å². The third kappa shape index (κ3) is 6.19. The SMILES string of the molecule is COC(=O)C=CC=CCSc1ccc(Cl)cc1. The van der Waals surface area contributed by atoms with Crippen LogP contribution in [0.3, 0.4) is 0 Å². The van der Waals surface area contributed by atoms with Crippen LogP contribution in [0.4, 0.5) is 0 Å². The van der Waals surface area contributed by atoms with E-state index in [2.05, 4.69) is 4.74 Å². The summed E-state index contributed by atoms with van der Waals surface area (Å²) in [5.41, 5.74) is 0. The van der Waals surface area contributed by atoms with Gasteiger partial charge in [-0.2, -0.15) is 0 Å². The quantitative estimate of drug-likeness (QED) is 0.352. The smallest absolute Gasteiger partial charge is 0.330 e. The number of thioether (sulfide) groups is 1. The van der Waals surface area contributed by atoms with Crippen LogP contribution < -0.4 is 0 Å². The molecule has 0 atom stereocenters. The van der Waals surface area contributed by atoms with E-state index >= 15 is 0 Å². The summed E-state index contributed by atoms with van der Waals surface area (Å²) in [7, 11) is 1.35. The Morgan fingerprint density at radius 1 is 1.35 bits per heavy atom. The molecule has 1 aromatic rings. The molecule has 0 unspecified atom stereocenters. The molecule has 0 saturated heterocycles. The van der Waals surface area contributed by atoms with Crippen LogP contribution in [0.2, 0.25) is 5.02 Å². The zero-order chi connectivity index (χ0) is 12.5. The van der Waals surface area contributed by atoms with Gasteiger partial charge in [-0.15, -0.1) is 11.8 Å². The first-order chi connectivity index (χ1) is 8.22.